The zero-order chi connectivity index (χ0) is 24.4. The molecule has 1 aliphatic heterocycles. The molecule has 2 amide bonds. The first-order valence-electron chi connectivity index (χ1n) is 11.6. The van der Waals surface area contributed by atoms with E-state index in [9.17, 15) is 24.6 Å². The SMILES string of the molecule is CC(C)C[C@H](NC(=O)OCC1c2ccccc2-c2ccccc21)C(=O)N1CC(O)C[C@H]1C(=O)O. The van der Waals surface area contributed by atoms with Gasteiger partial charge in [0, 0.05) is 18.9 Å². The number of aliphatic carboxylic acids is 1. The Morgan fingerprint density at radius 2 is 1.65 bits per heavy atom. The van der Waals surface area contributed by atoms with Crippen LogP contribution >= 0.6 is 0 Å². The fourth-order valence-electron chi connectivity index (χ4n) is 4.97. The Labute approximate surface area is 198 Å². The standard InChI is InChI=1S/C26H30N2O6/c1-15(2)11-22(24(30)28-13-16(29)12-23(28)25(31)32)27-26(33)34-14-21-19-9-5-3-7-17(19)18-8-4-6-10-20(18)21/h3-10,15-16,21-23,29H,11-14H2,1-2H3,(H,27,33)(H,31,32)/t16?,22-,23-/m0/s1. The maximum Gasteiger partial charge on any atom is 0.407 e. The van der Waals surface area contributed by atoms with E-state index in [1.54, 1.807) is 0 Å². The Morgan fingerprint density at radius 3 is 2.21 bits per heavy atom. The predicted molar refractivity (Wildman–Crippen MR) is 125 cm³/mol. The zero-order valence-corrected chi connectivity index (χ0v) is 19.3. The summed E-state index contributed by atoms with van der Waals surface area (Å²) in [6.45, 7) is 3.86. The van der Waals surface area contributed by atoms with Crippen molar-refractivity contribution in [1.29, 1.82) is 0 Å². The third-order valence-corrected chi connectivity index (χ3v) is 6.49. The van der Waals surface area contributed by atoms with Crippen molar-refractivity contribution in [3.05, 3.63) is 59.7 Å². The molecule has 4 rings (SSSR count). The van der Waals surface area contributed by atoms with E-state index >= 15 is 0 Å². The summed E-state index contributed by atoms with van der Waals surface area (Å²) in [6, 6.07) is 14.0. The fourth-order valence-corrected chi connectivity index (χ4v) is 4.97. The number of hydrogen-bond donors (Lipinski definition) is 3. The monoisotopic (exact) mass is 466 g/mol. The van der Waals surface area contributed by atoms with E-state index < -0.39 is 36.2 Å². The van der Waals surface area contributed by atoms with Crippen LogP contribution in [0.2, 0.25) is 0 Å². The number of nitrogens with one attached hydrogen (secondary N) is 1. The minimum atomic E-state index is -1.17. The number of amides is 2. The highest BCUT2D eigenvalue weighted by Crippen LogP contribution is 2.44. The Kier molecular flexibility index (Phi) is 6.88. The fraction of sp³-hybridized carbons (Fsp3) is 0.423. The van der Waals surface area contributed by atoms with Gasteiger partial charge in [0.05, 0.1) is 6.10 Å². The Balaban J connectivity index is 1.45. The molecule has 1 saturated heterocycles. The van der Waals surface area contributed by atoms with Crippen LogP contribution in [0.4, 0.5) is 4.79 Å². The number of ether oxygens (including phenoxy) is 1. The van der Waals surface area contributed by atoms with Gasteiger partial charge in [0.25, 0.3) is 0 Å². The number of carboxylic acids is 1. The maximum absolute atomic E-state index is 13.1. The van der Waals surface area contributed by atoms with E-state index in [1.807, 2.05) is 50.2 Å². The lowest BCUT2D eigenvalue weighted by atomic mass is 9.98. The van der Waals surface area contributed by atoms with Crippen LogP contribution in [-0.2, 0) is 14.3 Å². The van der Waals surface area contributed by atoms with Crippen molar-refractivity contribution < 1.29 is 29.3 Å². The van der Waals surface area contributed by atoms with E-state index in [2.05, 4.69) is 17.4 Å². The second-order valence-electron chi connectivity index (χ2n) is 9.39. The molecule has 3 atom stereocenters. The van der Waals surface area contributed by atoms with Crippen LogP contribution in [0.25, 0.3) is 11.1 Å². The minimum Gasteiger partial charge on any atom is -0.480 e. The van der Waals surface area contributed by atoms with Gasteiger partial charge in [-0.05, 0) is 34.6 Å². The number of aliphatic hydroxyl groups is 1. The lowest BCUT2D eigenvalue weighted by Crippen LogP contribution is -2.52. The summed E-state index contributed by atoms with van der Waals surface area (Å²) < 4.78 is 5.57. The number of nitrogens with zero attached hydrogens (tertiary/aromatic N) is 1. The average Bonchev–Trinajstić information content (AvgIpc) is 3.35. The summed E-state index contributed by atoms with van der Waals surface area (Å²) in [5.74, 6) is -1.73. The van der Waals surface area contributed by atoms with E-state index in [0.29, 0.717) is 6.42 Å². The summed E-state index contributed by atoms with van der Waals surface area (Å²) in [5, 5.41) is 22.0. The van der Waals surface area contributed by atoms with Gasteiger partial charge in [-0.15, -0.1) is 0 Å². The predicted octanol–water partition coefficient (Wildman–Crippen LogP) is 2.99. The van der Waals surface area contributed by atoms with Crippen molar-refractivity contribution >= 4 is 18.0 Å². The second-order valence-corrected chi connectivity index (χ2v) is 9.39. The van der Waals surface area contributed by atoms with E-state index in [1.165, 1.54) is 0 Å². The zero-order valence-electron chi connectivity index (χ0n) is 19.3. The molecule has 1 unspecified atom stereocenters. The molecule has 0 spiro atoms. The van der Waals surface area contributed by atoms with Gasteiger partial charge in [-0.3, -0.25) is 4.79 Å². The number of carbonyl (C=O) groups is 3. The molecular formula is C26H30N2O6. The third-order valence-electron chi connectivity index (χ3n) is 6.49. The van der Waals surface area contributed by atoms with Crippen LogP contribution in [0, 0.1) is 5.92 Å². The molecular weight excluding hydrogens is 436 g/mol. The van der Waals surface area contributed by atoms with Gasteiger partial charge in [-0.25, -0.2) is 9.59 Å². The molecule has 1 aliphatic carbocycles. The lowest BCUT2D eigenvalue weighted by molar-refractivity contribution is -0.149. The topological polar surface area (TPSA) is 116 Å². The Morgan fingerprint density at radius 1 is 1.06 bits per heavy atom. The first-order valence-corrected chi connectivity index (χ1v) is 11.6. The quantitative estimate of drug-likeness (QED) is 0.578. The van der Waals surface area contributed by atoms with Crippen LogP contribution in [0.15, 0.2) is 48.5 Å². The summed E-state index contributed by atoms with van der Waals surface area (Å²) in [7, 11) is 0. The number of aliphatic hydroxyl groups excluding tert-OH is 1. The summed E-state index contributed by atoms with van der Waals surface area (Å²) in [6.07, 6.45) is -1.34. The second kappa shape index (κ2) is 9.85. The van der Waals surface area contributed by atoms with Crippen LogP contribution in [0.3, 0.4) is 0 Å². The summed E-state index contributed by atoms with van der Waals surface area (Å²) in [5.41, 5.74) is 4.41. The van der Waals surface area contributed by atoms with Crippen molar-refractivity contribution in [2.24, 2.45) is 5.92 Å². The largest absolute Gasteiger partial charge is 0.480 e. The highest BCUT2D eigenvalue weighted by atomic mass is 16.5. The molecule has 8 heteroatoms. The highest BCUT2D eigenvalue weighted by molar-refractivity contribution is 5.90. The van der Waals surface area contributed by atoms with E-state index in [0.717, 1.165) is 27.2 Å². The summed E-state index contributed by atoms with van der Waals surface area (Å²) >= 11 is 0. The number of β-amino-alcohol motifs (C(OH)–C–C–N with tert-alkyl or cyclic N) is 1. The van der Waals surface area contributed by atoms with Crippen molar-refractivity contribution in [3.63, 3.8) is 0 Å². The Hall–Kier alpha value is -3.39. The summed E-state index contributed by atoms with van der Waals surface area (Å²) in [4.78, 5) is 38.6. The third kappa shape index (κ3) is 4.77. The average molecular weight is 467 g/mol. The van der Waals surface area contributed by atoms with Crippen LogP contribution in [0.5, 0.6) is 0 Å². The van der Waals surface area contributed by atoms with Crippen molar-refractivity contribution in [1.82, 2.24) is 10.2 Å². The van der Waals surface area contributed by atoms with Crippen molar-refractivity contribution in [2.75, 3.05) is 13.2 Å². The number of rotatable bonds is 7. The number of carboxylic acid groups (broad SMARTS) is 1. The van der Waals surface area contributed by atoms with Gasteiger partial charge in [0.2, 0.25) is 5.91 Å². The molecule has 0 bridgehead atoms. The molecule has 0 radical (unpaired) electrons. The molecule has 1 heterocycles. The van der Waals surface area contributed by atoms with Gasteiger partial charge in [0.1, 0.15) is 18.7 Å². The lowest BCUT2D eigenvalue weighted by Gasteiger charge is -2.28. The first kappa shape index (κ1) is 23.8. The number of alkyl carbamates (subject to hydrolysis) is 1. The van der Waals surface area contributed by atoms with E-state index in [4.69, 9.17) is 4.74 Å². The normalized spacial score (nSPS) is 20.1. The molecule has 2 aliphatic rings. The van der Waals surface area contributed by atoms with Crippen LogP contribution in [-0.4, -0.2) is 64.4 Å². The van der Waals surface area contributed by atoms with Crippen molar-refractivity contribution in [2.45, 2.75) is 50.8 Å². The maximum atomic E-state index is 13.1. The molecule has 0 aromatic heterocycles. The smallest absolute Gasteiger partial charge is 0.407 e. The van der Waals surface area contributed by atoms with Crippen molar-refractivity contribution in [3.8, 4) is 11.1 Å². The molecule has 180 valence electrons. The molecule has 8 nitrogen and oxygen atoms in total. The number of carbonyl (C=O) groups excluding carboxylic acids is 2. The highest BCUT2D eigenvalue weighted by Gasteiger charge is 2.41. The molecule has 2 aromatic carbocycles. The Bertz CT molecular complexity index is 1040. The number of fused-ring (bicyclic) bond motifs is 3. The molecule has 34 heavy (non-hydrogen) atoms. The molecule has 1 fully saturated rings. The molecule has 3 N–H and O–H groups in total. The number of benzene rings is 2. The van der Waals surface area contributed by atoms with Crippen LogP contribution in [0.1, 0.15) is 43.7 Å². The number of likely N-dealkylation sites (tertiary alicyclic amines) is 1. The first-order chi connectivity index (χ1) is 16.3. The van der Waals surface area contributed by atoms with Gasteiger partial charge in [-0.2, -0.15) is 0 Å². The minimum absolute atomic E-state index is 0.0274. The van der Waals surface area contributed by atoms with E-state index in [-0.39, 0.29) is 31.4 Å². The van der Waals surface area contributed by atoms with Gasteiger partial charge in [0.15, 0.2) is 0 Å². The number of hydrogen-bond acceptors (Lipinski definition) is 5. The van der Waals surface area contributed by atoms with Gasteiger partial charge < -0.3 is 25.2 Å². The molecule has 2 aromatic rings. The van der Waals surface area contributed by atoms with Crippen LogP contribution < -0.4 is 5.32 Å². The van der Waals surface area contributed by atoms with Gasteiger partial charge in [-0.1, -0.05) is 62.4 Å². The molecule has 0 saturated carbocycles. The van der Waals surface area contributed by atoms with Gasteiger partial charge >= 0.3 is 12.1 Å².